The summed E-state index contributed by atoms with van der Waals surface area (Å²) in [4.78, 5) is 10.3. The Bertz CT molecular complexity index is 282. The van der Waals surface area contributed by atoms with Crippen molar-refractivity contribution in [3.05, 3.63) is 36.0 Å². The zero-order chi connectivity index (χ0) is 12.6. The maximum Gasteiger partial charge on any atom is 0.142 e. The van der Waals surface area contributed by atoms with Gasteiger partial charge in [-0.3, -0.25) is 4.79 Å². The fraction of sp³-hybridized carbons (Fsp3) is 0.533. The molecule has 0 aromatic heterocycles. The first-order valence-electron chi connectivity index (χ1n) is 5.92. The van der Waals surface area contributed by atoms with Gasteiger partial charge in [-0.05, 0) is 44.6 Å². The molecule has 90 valence electrons. The molecule has 0 rings (SSSR count). The summed E-state index contributed by atoms with van der Waals surface area (Å²) in [5.74, 6) is 1.19. The van der Waals surface area contributed by atoms with E-state index in [1.54, 1.807) is 6.08 Å². The van der Waals surface area contributed by atoms with Crippen molar-refractivity contribution in [3.8, 4) is 0 Å². The van der Waals surface area contributed by atoms with Crippen LogP contribution >= 0.6 is 0 Å². The normalized spacial score (nSPS) is 14.4. The molecule has 0 aromatic carbocycles. The van der Waals surface area contributed by atoms with Gasteiger partial charge in [0, 0.05) is 0 Å². The molecular weight excluding hydrogens is 196 g/mol. The third-order valence-corrected chi connectivity index (χ3v) is 2.71. The third kappa shape index (κ3) is 7.22. The van der Waals surface area contributed by atoms with Gasteiger partial charge < -0.3 is 0 Å². The van der Waals surface area contributed by atoms with Crippen LogP contribution < -0.4 is 0 Å². The van der Waals surface area contributed by atoms with Crippen LogP contribution in [0.25, 0.3) is 0 Å². The molecule has 0 amide bonds. The van der Waals surface area contributed by atoms with Crippen molar-refractivity contribution >= 4 is 6.29 Å². The molecule has 1 nitrogen and oxygen atoms in total. The molecule has 0 unspecified atom stereocenters. The van der Waals surface area contributed by atoms with Gasteiger partial charge in [-0.2, -0.15) is 0 Å². The van der Waals surface area contributed by atoms with Gasteiger partial charge in [-0.1, -0.05) is 43.7 Å². The molecule has 1 heteroatoms. The first-order valence-corrected chi connectivity index (χ1v) is 5.92. The minimum atomic E-state index is 0.562. The third-order valence-electron chi connectivity index (χ3n) is 2.71. The van der Waals surface area contributed by atoms with Crippen molar-refractivity contribution < 1.29 is 4.79 Å². The minimum absolute atomic E-state index is 0.562. The lowest BCUT2D eigenvalue weighted by atomic mass is 9.89. The van der Waals surface area contributed by atoms with Gasteiger partial charge >= 0.3 is 0 Å². The summed E-state index contributed by atoms with van der Waals surface area (Å²) < 4.78 is 0. The van der Waals surface area contributed by atoms with Gasteiger partial charge in [0.2, 0.25) is 0 Å². The molecule has 0 spiro atoms. The number of aldehydes is 1. The topological polar surface area (TPSA) is 17.1 Å². The van der Waals surface area contributed by atoms with E-state index in [1.807, 2.05) is 13.8 Å². The smallest absolute Gasteiger partial charge is 0.142 e. The average Bonchev–Trinajstić information content (AvgIpc) is 2.17. The van der Waals surface area contributed by atoms with E-state index in [0.29, 0.717) is 11.8 Å². The zero-order valence-electron chi connectivity index (χ0n) is 11.0. The second-order valence-electron chi connectivity index (χ2n) is 4.80. The second kappa shape index (κ2) is 8.09. The van der Waals surface area contributed by atoms with E-state index in [1.165, 1.54) is 0 Å². The molecule has 0 aromatic rings. The average molecular weight is 220 g/mol. The van der Waals surface area contributed by atoms with Crippen LogP contribution in [0.1, 0.15) is 40.5 Å². The SMILES string of the molecule is C=C(C)/C=C/[C@H](CC/C(C)=C/C=O)C(C)C. The fourth-order valence-corrected chi connectivity index (χ4v) is 1.53. The van der Waals surface area contributed by atoms with Crippen LogP contribution in [0.5, 0.6) is 0 Å². The predicted molar refractivity (Wildman–Crippen MR) is 71.3 cm³/mol. The Balaban J connectivity index is 4.30. The Hall–Kier alpha value is -1.11. The van der Waals surface area contributed by atoms with Crippen molar-refractivity contribution in [1.29, 1.82) is 0 Å². The molecule has 0 fully saturated rings. The Morgan fingerprint density at radius 1 is 1.31 bits per heavy atom. The molecule has 1 atom stereocenters. The molecule has 16 heavy (non-hydrogen) atoms. The summed E-state index contributed by atoms with van der Waals surface area (Å²) in [6, 6.07) is 0. The Morgan fingerprint density at radius 2 is 1.94 bits per heavy atom. The van der Waals surface area contributed by atoms with Crippen molar-refractivity contribution in [3.63, 3.8) is 0 Å². The summed E-state index contributed by atoms with van der Waals surface area (Å²) >= 11 is 0. The number of allylic oxidation sites excluding steroid dienone is 5. The molecule has 0 saturated heterocycles. The Kier molecular flexibility index (Phi) is 7.53. The van der Waals surface area contributed by atoms with E-state index in [0.717, 1.165) is 30.3 Å². The van der Waals surface area contributed by atoms with Crippen molar-refractivity contribution in [2.24, 2.45) is 11.8 Å². The maximum absolute atomic E-state index is 10.3. The number of carbonyl (C=O) groups excluding carboxylic acids is 1. The van der Waals surface area contributed by atoms with E-state index in [4.69, 9.17) is 0 Å². The summed E-state index contributed by atoms with van der Waals surface area (Å²) in [5.41, 5.74) is 2.25. The number of rotatable bonds is 7. The minimum Gasteiger partial charge on any atom is -0.299 e. The lowest BCUT2D eigenvalue weighted by molar-refractivity contribution is -0.104. The molecule has 0 aliphatic heterocycles. The van der Waals surface area contributed by atoms with Gasteiger partial charge in [0.05, 0.1) is 0 Å². The first-order chi connectivity index (χ1) is 7.47. The second-order valence-corrected chi connectivity index (χ2v) is 4.80. The number of hydrogen-bond donors (Lipinski definition) is 0. The Morgan fingerprint density at radius 3 is 2.38 bits per heavy atom. The summed E-state index contributed by atoms with van der Waals surface area (Å²) in [7, 11) is 0. The highest BCUT2D eigenvalue weighted by Gasteiger charge is 2.09. The number of hydrogen-bond acceptors (Lipinski definition) is 1. The van der Waals surface area contributed by atoms with Crippen LogP contribution in [-0.2, 0) is 4.79 Å². The summed E-state index contributed by atoms with van der Waals surface area (Å²) in [6.45, 7) is 12.3. The molecule has 0 N–H and O–H groups in total. The van der Waals surface area contributed by atoms with E-state index < -0.39 is 0 Å². The van der Waals surface area contributed by atoms with E-state index in [-0.39, 0.29) is 0 Å². The van der Waals surface area contributed by atoms with Gasteiger partial charge in [-0.15, -0.1) is 0 Å². The zero-order valence-corrected chi connectivity index (χ0v) is 11.0. The van der Waals surface area contributed by atoms with Crippen molar-refractivity contribution in [2.45, 2.75) is 40.5 Å². The van der Waals surface area contributed by atoms with Crippen molar-refractivity contribution in [1.82, 2.24) is 0 Å². The lowest BCUT2D eigenvalue weighted by Crippen LogP contribution is -2.05. The van der Waals surface area contributed by atoms with E-state index in [9.17, 15) is 4.79 Å². The Labute approximate surface area is 99.9 Å². The molecular formula is C15H24O. The highest BCUT2D eigenvalue weighted by atomic mass is 16.1. The molecule has 0 aliphatic rings. The van der Waals surface area contributed by atoms with Gasteiger partial charge in [0.25, 0.3) is 0 Å². The predicted octanol–water partition coefficient (Wildman–Crippen LogP) is 4.32. The highest BCUT2D eigenvalue weighted by Crippen LogP contribution is 2.21. The van der Waals surface area contributed by atoms with Crippen LogP contribution in [0.15, 0.2) is 36.0 Å². The standard InChI is InChI=1S/C15H24O/c1-12(2)6-8-15(13(3)4)9-7-14(5)10-11-16/h6,8,10-11,13,15H,1,7,9H2,2-5H3/b8-6+,14-10+/t15-/m1/s1. The van der Waals surface area contributed by atoms with Crippen LogP contribution in [0.3, 0.4) is 0 Å². The van der Waals surface area contributed by atoms with Crippen LogP contribution in [0.2, 0.25) is 0 Å². The monoisotopic (exact) mass is 220 g/mol. The molecule has 0 radical (unpaired) electrons. The molecule has 0 aliphatic carbocycles. The maximum atomic E-state index is 10.3. The quantitative estimate of drug-likeness (QED) is 0.355. The molecule has 0 saturated carbocycles. The lowest BCUT2D eigenvalue weighted by Gasteiger charge is -2.17. The van der Waals surface area contributed by atoms with Gasteiger partial charge in [-0.25, -0.2) is 0 Å². The van der Waals surface area contributed by atoms with Gasteiger partial charge in [0.15, 0.2) is 0 Å². The van der Waals surface area contributed by atoms with Crippen LogP contribution in [-0.4, -0.2) is 6.29 Å². The largest absolute Gasteiger partial charge is 0.299 e. The van der Waals surface area contributed by atoms with E-state index in [2.05, 4.69) is 32.6 Å². The summed E-state index contributed by atoms with van der Waals surface area (Å²) in [5, 5.41) is 0. The molecule has 0 bridgehead atoms. The van der Waals surface area contributed by atoms with Crippen LogP contribution in [0, 0.1) is 11.8 Å². The van der Waals surface area contributed by atoms with E-state index >= 15 is 0 Å². The van der Waals surface area contributed by atoms with Crippen molar-refractivity contribution in [2.75, 3.05) is 0 Å². The highest BCUT2D eigenvalue weighted by molar-refractivity contribution is 5.65. The number of carbonyl (C=O) groups is 1. The summed E-state index contributed by atoms with van der Waals surface area (Å²) in [6.07, 6.45) is 8.92. The molecule has 0 heterocycles. The van der Waals surface area contributed by atoms with Gasteiger partial charge in [0.1, 0.15) is 6.29 Å². The van der Waals surface area contributed by atoms with Crippen LogP contribution in [0.4, 0.5) is 0 Å². The fourth-order valence-electron chi connectivity index (χ4n) is 1.53. The first kappa shape index (κ1) is 14.9.